The number of sulfonamides is 1. The number of ether oxygens (including phenoxy) is 2. The van der Waals surface area contributed by atoms with Crippen LogP contribution in [0.2, 0.25) is 0 Å². The van der Waals surface area contributed by atoms with E-state index >= 15 is 0 Å². The first kappa shape index (κ1) is 18.3. The lowest BCUT2D eigenvalue weighted by molar-refractivity contribution is -0.297. The van der Waals surface area contributed by atoms with Crippen LogP contribution in [0.4, 0.5) is 5.69 Å². The van der Waals surface area contributed by atoms with E-state index in [0.29, 0.717) is 17.0 Å². The topological polar surface area (TPSA) is 105 Å². The number of anilines is 1. The number of hydrogen-bond donors (Lipinski definition) is 1. The molecule has 25 heavy (non-hydrogen) atoms. The first-order valence-corrected chi connectivity index (χ1v) is 8.58. The van der Waals surface area contributed by atoms with Gasteiger partial charge in [0.05, 0.1) is 20.2 Å². The van der Waals surface area contributed by atoms with Crippen molar-refractivity contribution in [3.05, 3.63) is 54.1 Å². The SMILES string of the molecule is COc1ccc(NS(=O)(=O)c2cc(/C=C/C(=O)[O-])ccc2OC)cc1. The van der Waals surface area contributed by atoms with E-state index in [9.17, 15) is 18.3 Å². The Hall–Kier alpha value is -3.00. The third-order valence-corrected chi connectivity index (χ3v) is 4.63. The fourth-order valence-electron chi connectivity index (χ4n) is 2.04. The van der Waals surface area contributed by atoms with Crippen molar-refractivity contribution in [1.82, 2.24) is 0 Å². The molecule has 0 aromatic heterocycles. The molecule has 0 saturated carbocycles. The average Bonchev–Trinajstić information content (AvgIpc) is 2.60. The highest BCUT2D eigenvalue weighted by Gasteiger charge is 2.20. The Bertz CT molecular complexity index is 888. The Labute approximate surface area is 145 Å². The molecule has 1 N–H and O–H groups in total. The van der Waals surface area contributed by atoms with Crippen LogP contribution in [-0.2, 0) is 14.8 Å². The van der Waals surface area contributed by atoms with Crippen LogP contribution in [0, 0.1) is 0 Å². The maximum Gasteiger partial charge on any atom is 0.265 e. The van der Waals surface area contributed by atoms with E-state index in [0.717, 1.165) is 6.08 Å². The highest BCUT2D eigenvalue weighted by Crippen LogP contribution is 2.28. The van der Waals surface area contributed by atoms with Crippen LogP contribution in [-0.4, -0.2) is 28.6 Å². The van der Waals surface area contributed by atoms with Crippen molar-refractivity contribution in [1.29, 1.82) is 0 Å². The number of carbonyl (C=O) groups excluding carboxylic acids is 1. The van der Waals surface area contributed by atoms with E-state index in [2.05, 4.69) is 4.72 Å². The van der Waals surface area contributed by atoms with Crippen molar-refractivity contribution in [2.24, 2.45) is 0 Å². The zero-order valence-corrected chi connectivity index (χ0v) is 14.4. The number of aliphatic carboxylic acids is 1. The molecule has 0 fully saturated rings. The second-order valence-corrected chi connectivity index (χ2v) is 6.55. The van der Waals surface area contributed by atoms with Crippen LogP contribution in [0.5, 0.6) is 11.5 Å². The van der Waals surface area contributed by atoms with Gasteiger partial charge in [-0.3, -0.25) is 4.72 Å². The van der Waals surface area contributed by atoms with Crippen molar-refractivity contribution < 1.29 is 27.8 Å². The summed E-state index contributed by atoms with van der Waals surface area (Å²) >= 11 is 0. The van der Waals surface area contributed by atoms with Crippen molar-refractivity contribution in [3.63, 3.8) is 0 Å². The molecule has 7 nitrogen and oxygen atoms in total. The van der Waals surface area contributed by atoms with Gasteiger partial charge in [0.15, 0.2) is 0 Å². The summed E-state index contributed by atoms with van der Waals surface area (Å²) in [6.45, 7) is 0. The van der Waals surface area contributed by atoms with Crippen LogP contribution in [0.15, 0.2) is 53.4 Å². The molecule has 0 unspecified atom stereocenters. The third kappa shape index (κ3) is 4.74. The van der Waals surface area contributed by atoms with Crippen molar-refractivity contribution in [2.45, 2.75) is 4.90 Å². The van der Waals surface area contributed by atoms with Gasteiger partial charge in [0.1, 0.15) is 16.4 Å². The fourth-order valence-corrected chi connectivity index (χ4v) is 3.30. The van der Waals surface area contributed by atoms with Gasteiger partial charge in [-0.1, -0.05) is 12.1 Å². The number of methoxy groups -OCH3 is 2. The van der Waals surface area contributed by atoms with Crippen LogP contribution in [0.3, 0.4) is 0 Å². The predicted molar refractivity (Wildman–Crippen MR) is 90.8 cm³/mol. The molecule has 0 amide bonds. The minimum atomic E-state index is -3.95. The Kier molecular flexibility index (Phi) is 5.66. The molecular formula is C17H16NO6S-. The summed E-state index contributed by atoms with van der Waals surface area (Å²) in [7, 11) is -1.09. The first-order chi connectivity index (χ1) is 11.9. The molecule has 2 aromatic carbocycles. The van der Waals surface area contributed by atoms with Crippen LogP contribution >= 0.6 is 0 Å². The highest BCUT2D eigenvalue weighted by molar-refractivity contribution is 7.92. The van der Waals surface area contributed by atoms with Gasteiger partial charge in [0, 0.05) is 5.69 Å². The molecule has 2 rings (SSSR count). The van der Waals surface area contributed by atoms with Crippen LogP contribution in [0.1, 0.15) is 5.56 Å². The molecule has 2 aromatic rings. The molecular weight excluding hydrogens is 346 g/mol. The summed E-state index contributed by atoms with van der Waals surface area (Å²) in [6.07, 6.45) is 2.05. The number of carboxylic acids is 1. The largest absolute Gasteiger partial charge is 0.545 e. The second kappa shape index (κ2) is 7.71. The quantitative estimate of drug-likeness (QED) is 0.744. The third-order valence-electron chi connectivity index (χ3n) is 3.23. The lowest BCUT2D eigenvalue weighted by Crippen LogP contribution is -2.18. The number of benzene rings is 2. The zero-order valence-electron chi connectivity index (χ0n) is 13.6. The van der Waals surface area contributed by atoms with Crippen LogP contribution < -0.4 is 19.3 Å². The van der Waals surface area contributed by atoms with Gasteiger partial charge >= 0.3 is 0 Å². The average molecular weight is 362 g/mol. The Balaban J connectivity index is 2.38. The van der Waals surface area contributed by atoms with Gasteiger partial charge in [-0.2, -0.15) is 0 Å². The van der Waals surface area contributed by atoms with Crippen molar-refractivity contribution >= 4 is 27.8 Å². The molecule has 0 radical (unpaired) electrons. The van der Waals surface area contributed by atoms with E-state index in [1.165, 1.54) is 38.5 Å². The molecule has 0 saturated heterocycles. The lowest BCUT2D eigenvalue weighted by atomic mass is 10.2. The Morgan fingerprint density at radius 1 is 1.08 bits per heavy atom. The summed E-state index contributed by atoms with van der Waals surface area (Å²) < 4.78 is 37.9. The Morgan fingerprint density at radius 3 is 2.32 bits per heavy atom. The summed E-state index contributed by atoms with van der Waals surface area (Å²) in [5, 5.41) is 10.5. The maximum atomic E-state index is 12.7. The molecule has 0 atom stereocenters. The fraction of sp³-hybridized carbons (Fsp3) is 0.118. The molecule has 0 aliphatic heterocycles. The van der Waals surface area contributed by atoms with E-state index in [-0.39, 0.29) is 10.6 Å². The summed E-state index contributed by atoms with van der Waals surface area (Å²) in [5.74, 6) is -0.655. The van der Waals surface area contributed by atoms with Gasteiger partial charge in [-0.05, 0) is 48.0 Å². The summed E-state index contributed by atoms with van der Waals surface area (Å²) in [4.78, 5) is 10.4. The zero-order chi connectivity index (χ0) is 18.4. The predicted octanol–water partition coefficient (Wildman–Crippen LogP) is 1.27. The normalized spacial score (nSPS) is 11.3. The van der Waals surface area contributed by atoms with Gasteiger partial charge in [0.2, 0.25) is 0 Å². The number of carboxylic acid groups (broad SMARTS) is 1. The summed E-state index contributed by atoms with van der Waals surface area (Å²) in [6, 6.07) is 10.6. The van der Waals surface area contributed by atoms with E-state index in [4.69, 9.17) is 9.47 Å². The smallest absolute Gasteiger partial charge is 0.265 e. The second-order valence-electron chi connectivity index (χ2n) is 4.90. The number of rotatable bonds is 7. The number of hydrogen-bond acceptors (Lipinski definition) is 6. The van der Waals surface area contributed by atoms with Crippen molar-refractivity contribution in [2.75, 3.05) is 18.9 Å². The molecule has 8 heteroatoms. The lowest BCUT2D eigenvalue weighted by Gasteiger charge is -2.13. The van der Waals surface area contributed by atoms with Gasteiger partial charge < -0.3 is 19.4 Å². The first-order valence-electron chi connectivity index (χ1n) is 7.09. The molecule has 0 spiro atoms. The minimum absolute atomic E-state index is 0.119. The standard InChI is InChI=1S/C17H17NO6S/c1-23-14-7-5-13(6-8-14)18-25(21,22)16-11-12(4-10-17(19)20)3-9-15(16)24-2/h3-11,18H,1-2H3,(H,19,20)/p-1/b10-4+. The van der Waals surface area contributed by atoms with Gasteiger partial charge in [-0.15, -0.1) is 0 Å². The highest BCUT2D eigenvalue weighted by atomic mass is 32.2. The Morgan fingerprint density at radius 2 is 1.76 bits per heavy atom. The number of nitrogens with one attached hydrogen (secondary N) is 1. The van der Waals surface area contributed by atoms with E-state index in [1.54, 1.807) is 24.3 Å². The molecule has 0 bridgehead atoms. The molecule has 0 aliphatic carbocycles. The van der Waals surface area contributed by atoms with E-state index < -0.39 is 16.0 Å². The number of carbonyl (C=O) groups is 1. The van der Waals surface area contributed by atoms with Crippen LogP contribution in [0.25, 0.3) is 6.08 Å². The molecule has 132 valence electrons. The van der Waals surface area contributed by atoms with E-state index in [1.807, 2.05) is 0 Å². The van der Waals surface area contributed by atoms with Crippen molar-refractivity contribution in [3.8, 4) is 11.5 Å². The maximum absolute atomic E-state index is 12.7. The van der Waals surface area contributed by atoms with Gasteiger partial charge in [0.25, 0.3) is 10.0 Å². The van der Waals surface area contributed by atoms with Gasteiger partial charge in [-0.25, -0.2) is 8.42 Å². The minimum Gasteiger partial charge on any atom is -0.545 e. The monoisotopic (exact) mass is 362 g/mol. The molecule has 0 heterocycles. The molecule has 0 aliphatic rings. The summed E-state index contributed by atoms with van der Waals surface area (Å²) in [5.41, 5.74) is 0.721.